The Bertz CT molecular complexity index is 247. The van der Waals surface area contributed by atoms with Gasteiger partial charge in [0.25, 0.3) is 5.89 Å². The van der Waals surface area contributed by atoms with E-state index in [4.69, 9.17) is 4.74 Å². The van der Waals surface area contributed by atoms with Crippen LogP contribution >= 0.6 is 0 Å². The summed E-state index contributed by atoms with van der Waals surface area (Å²) in [5.41, 5.74) is 0. The molecule has 0 radical (unpaired) electrons. The third-order valence-corrected chi connectivity index (χ3v) is 1.16. The van der Waals surface area contributed by atoms with E-state index in [-0.39, 0.29) is 5.89 Å². The van der Waals surface area contributed by atoms with E-state index in [0.717, 1.165) is 6.42 Å². The molecule has 0 aliphatic carbocycles. The van der Waals surface area contributed by atoms with Crippen LogP contribution < -0.4 is 0 Å². The summed E-state index contributed by atoms with van der Waals surface area (Å²) in [4.78, 5) is 13.8. The van der Waals surface area contributed by atoms with E-state index < -0.39 is 0 Å². The zero-order chi connectivity index (χ0) is 8.81. The fourth-order valence-corrected chi connectivity index (χ4v) is 0.682. The fourth-order valence-electron chi connectivity index (χ4n) is 0.682. The number of nitrogens with zero attached hydrogens (tertiary/aromatic N) is 2. The summed E-state index contributed by atoms with van der Waals surface area (Å²) in [6.07, 6.45) is 1.45. The first-order chi connectivity index (χ1) is 5.86. The maximum absolute atomic E-state index is 10.1. The Morgan fingerprint density at radius 2 is 2.50 bits per heavy atom. The molecular weight excluding hydrogens is 160 g/mol. The van der Waals surface area contributed by atoms with Gasteiger partial charge in [-0.05, 0) is 6.42 Å². The lowest BCUT2D eigenvalue weighted by molar-refractivity contribution is 0.108. The molecule has 5 nitrogen and oxygen atoms in total. The number of carbonyl (C=O) groups excluding carboxylic acids is 1. The van der Waals surface area contributed by atoms with Gasteiger partial charge in [0.1, 0.15) is 6.61 Å². The summed E-state index contributed by atoms with van der Waals surface area (Å²) in [5, 5.41) is 3.52. The van der Waals surface area contributed by atoms with Crippen molar-refractivity contribution in [2.75, 3.05) is 6.61 Å². The fraction of sp³-hybridized carbons (Fsp3) is 0.571. The molecule has 1 heterocycles. The van der Waals surface area contributed by atoms with E-state index in [1.54, 1.807) is 0 Å². The Morgan fingerprint density at radius 1 is 1.67 bits per heavy atom. The average Bonchev–Trinajstić information content (AvgIpc) is 2.53. The Kier molecular flexibility index (Phi) is 3.40. The van der Waals surface area contributed by atoms with Gasteiger partial charge in [0.05, 0.1) is 0 Å². The van der Waals surface area contributed by atoms with Crippen molar-refractivity contribution in [3.63, 3.8) is 0 Å². The Hall–Kier alpha value is -1.23. The minimum Gasteiger partial charge on any atom is -0.373 e. The van der Waals surface area contributed by atoms with E-state index in [2.05, 4.69) is 14.7 Å². The normalized spacial score (nSPS) is 10.1. The standard InChI is InChI=1S/C7H10N2O3/c1-2-3-11-5-6-8-7(4-10)12-9-6/h4H,2-3,5H2,1H3. The highest BCUT2D eigenvalue weighted by atomic mass is 16.5. The maximum Gasteiger partial charge on any atom is 0.290 e. The van der Waals surface area contributed by atoms with Gasteiger partial charge in [0, 0.05) is 6.61 Å². The molecule has 0 saturated heterocycles. The van der Waals surface area contributed by atoms with Gasteiger partial charge < -0.3 is 9.26 Å². The van der Waals surface area contributed by atoms with Gasteiger partial charge in [-0.2, -0.15) is 4.98 Å². The molecule has 0 atom stereocenters. The molecule has 1 rings (SSSR count). The van der Waals surface area contributed by atoms with Gasteiger partial charge in [-0.15, -0.1) is 0 Å². The highest BCUT2D eigenvalue weighted by Gasteiger charge is 2.03. The third-order valence-electron chi connectivity index (χ3n) is 1.16. The second-order valence-corrected chi connectivity index (χ2v) is 2.22. The molecule has 0 aliphatic heterocycles. The van der Waals surface area contributed by atoms with Crippen molar-refractivity contribution in [3.8, 4) is 0 Å². The van der Waals surface area contributed by atoms with Crippen molar-refractivity contribution >= 4 is 6.29 Å². The molecule has 1 aromatic rings. The van der Waals surface area contributed by atoms with Crippen LogP contribution in [0.5, 0.6) is 0 Å². The Labute approximate surface area is 69.7 Å². The van der Waals surface area contributed by atoms with Gasteiger partial charge >= 0.3 is 0 Å². The zero-order valence-electron chi connectivity index (χ0n) is 6.82. The molecule has 0 aromatic carbocycles. The Balaban J connectivity index is 2.36. The highest BCUT2D eigenvalue weighted by molar-refractivity contribution is 5.66. The molecule has 0 aliphatic rings. The molecule has 0 unspecified atom stereocenters. The minimum absolute atomic E-state index is 0.00917. The zero-order valence-corrected chi connectivity index (χ0v) is 6.82. The molecule has 1 aromatic heterocycles. The SMILES string of the molecule is CCCOCc1noc(C=O)n1. The van der Waals surface area contributed by atoms with Crippen molar-refractivity contribution in [3.05, 3.63) is 11.7 Å². The first-order valence-electron chi connectivity index (χ1n) is 3.72. The molecular formula is C7H10N2O3. The third kappa shape index (κ3) is 2.43. The monoisotopic (exact) mass is 170 g/mol. The molecule has 66 valence electrons. The van der Waals surface area contributed by atoms with E-state index >= 15 is 0 Å². The molecule has 0 saturated carbocycles. The van der Waals surface area contributed by atoms with Crippen LogP contribution in [-0.4, -0.2) is 23.0 Å². The number of aldehydes is 1. The average molecular weight is 170 g/mol. The van der Waals surface area contributed by atoms with Crippen molar-refractivity contribution in [2.24, 2.45) is 0 Å². The maximum atomic E-state index is 10.1. The molecule has 0 amide bonds. The minimum atomic E-state index is -0.00917. The lowest BCUT2D eigenvalue weighted by Crippen LogP contribution is -1.95. The Morgan fingerprint density at radius 3 is 3.08 bits per heavy atom. The predicted octanol–water partition coefficient (Wildman–Crippen LogP) is 0.809. The highest BCUT2D eigenvalue weighted by Crippen LogP contribution is 1.96. The van der Waals surface area contributed by atoms with Crippen molar-refractivity contribution in [2.45, 2.75) is 20.0 Å². The smallest absolute Gasteiger partial charge is 0.290 e. The van der Waals surface area contributed by atoms with E-state index in [0.29, 0.717) is 25.3 Å². The van der Waals surface area contributed by atoms with Gasteiger partial charge in [-0.1, -0.05) is 12.1 Å². The van der Waals surface area contributed by atoms with Crippen LogP contribution in [-0.2, 0) is 11.3 Å². The largest absolute Gasteiger partial charge is 0.373 e. The lowest BCUT2D eigenvalue weighted by Gasteiger charge is -1.94. The molecule has 0 bridgehead atoms. The van der Waals surface area contributed by atoms with Crippen LogP contribution in [0.4, 0.5) is 0 Å². The number of ether oxygens (including phenoxy) is 1. The summed E-state index contributed by atoms with van der Waals surface area (Å²) >= 11 is 0. The first-order valence-corrected chi connectivity index (χ1v) is 3.72. The molecule has 5 heteroatoms. The second kappa shape index (κ2) is 4.61. The van der Waals surface area contributed by atoms with Crippen LogP contribution in [0.3, 0.4) is 0 Å². The van der Waals surface area contributed by atoms with E-state index in [1.165, 1.54) is 0 Å². The van der Waals surface area contributed by atoms with Crippen LogP contribution in [0.1, 0.15) is 29.9 Å². The molecule has 0 spiro atoms. The van der Waals surface area contributed by atoms with Crippen LogP contribution in [0.2, 0.25) is 0 Å². The van der Waals surface area contributed by atoms with Gasteiger partial charge in [0.2, 0.25) is 6.29 Å². The van der Waals surface area contributed by atoms with Crippen LogP contribution in [0.25, 0.3) is 0 Å². The van der Waals surface area contributed by atoms with Gasteiger partial charge in [0.15, 0.2) is 5.82 Å². The summed E-state index contributed by atoms with van der Waals surface area (Å²) < 4.78 is 9.66. The summed E-state index contributed by atoms with van der Waals surface area (Å²) in [6, 6.07) is 0. The number of aromatic nitrogens is 2. The summed E-state index contributed by atoms with van der Waals surface area (Å²) in [6.45, 7) is 2.96. The van der Waals surface area contributed by atoms with Crippen LogP contribution in [0, 0.1) is 0 Å². The number of hydrogen-bond acceptors (Lipinski definition) is 5. The van der Waals surface area contributed by atoms with E-state index in [1.807, 2.05) is 6.92 Å². The van der Waals surface area contributed by atoms with Crippen molar-refractivity contribution < 1.29 is 14.1 Å². The quantitative estimate of drug-likeness (QED) is 0.483. The lowest BCUT2D eigenvalue weighted by atomic mass is 10.5. The number of hydrogen-bond donors (Lipinski definition) is 0. The molecule has 12 heavy (non-hydrogen) atoms. The van der Waals surface area contributed by atoms with Gasteiger partial charge in [-0.25, -0.2) is 0 Å². The predicted molar refractivity (Wildman–Crippen MR) is 39.6 cm³/mol. The molecule has 0 N–H and O–H groups in total. The number of carbonyl (C=O) groups is 1. The molecule has 0 fully saturated rings. The van der Waals surface area contributed by atoms with Crippen molar-refractivity contribution in [1.29, 1.82) is 0 Å². The van der Waals surface area contributed by atoms with E-state index in [9.17, 15) is 4.79 Å². The van der Waals surface area contributed by atoms with Crippen LogP contribution in [0.15, 0.2) is 4.52 Å². The summed E-state index contributed by atoms with van der Waals surface area (Å²) in [5.74, 6) is 0.399. The topological polar surface area (TPSA) is 65.2 Å². The van der Waals surface area contributed by atoms with Gasteiger partial charge in [-0.3, -0.25) is 4.79 Å². The first kappa shape index (κ1) is 8.86. The number of rotatable bonds is 5. The summed E-state index contributed by atoms with van der Waals surface area (Å²) in [7, 11) is 0. The van der Waals surface area contributed by atoms with Crippen molar-refractivity contribution in [1.82, 2.24) is 10.1 Å². The second-order valence-electron chi connectivity index (χ2n) is 2.22.